The Morgan fingerprint density at radius 1 is 1.30 bits per heavy atom. The average Bonchev–Trinajstić information content (AvgIpc) is 2.73. The predicted molar refractivity (Wildman–Crippen MR) is 80.3 cm³/mol. The third kappa shape index (κ3) is 1.98. The number of guanidine groups is 1. The fourth-order valence-electron chi connectivity index (χ4n) is 3.65. The van der Waals surface area contributed by atoms with Crippen molar-refractivity contribution in [3.63, 3.8) is 0 Å². The molecule has 0 saturated heterocycles. The number of rotatable bonds is 1. The van der Waals surface area contributed by atoms with Crippen LogP contribution >= 0.6 is 0 Å². The molecule has 0 bridgehead atoms. The number of anilines is 1. The lowest BCUT2D eigenvalue weighted by atomic mass is 9.70. The Kier molecular flexibility index (Phi) is 3.19. The molecule has 20 heavy (non-hydrogen) atoms. The van der Waals surface area contributed by atoms with Crippen LogP contribution in [0.5, 0.6) is 0 Å². The van der Waals surface area contributed by atoms with Gasteiger partial charge in [-0.25, -0.2) is 4.39 Å². The predicted octanol–water partition coefficient (Wildman–Crippen LogP) is 3.16. The number of hydrogen-bond acceptors (Lipinski definition) is 3. The molecule has 4 heteroatoms. The summed E-state index contributed by atoms with van der Waals surface area (Å²) in [4.78, 5) is 6.37. The second-order valence-corrected chi connectivity index (χ2v) is 6.38. The van der Waals surface area contributed by atoms with Crippen molar-refractivity contribution in [1.29, 1.82) is 0 Å². The van der Waals surface area contributed by atoms with Gasteiger partial charge in [0, 0.05) is 0 Å². The fraction of sp³-hybridized carbons (Fsp3) is 0.562. The van der Waals surface area contributed by atoms with Crippen LogP contribution in [0.4, 0.5) is 10.1 Å². The molecule has 1 aliphatic heterocycles. The lowest BCUT2D eigenvalue weighted by molar-refractivity contribution is 0.188. The Bertz CT molecular complexity index is 542. The number of nitrogens with two attached hydrogens (primary N) is 1. The van der Waals surface area contributed by atoms with E-state index < -0.39 is 0 Å². The molecule has 3 atom stereocenters. The standard InChI is InChI=1S/C16H22FN3/c1-11-7-8-16(9-12(11)2)10-19-15(18)20(16)14-6-4-3-5-13(14)17/h3-6,11-12H,7-10H2,1-2H3,(H2,18,19). The van der Waals surface area contributed by atoms with Crippen LogP contribution in [0.25, 0.3) is 0 Å². The molecule has 1 fully saturated rings. The quantitative estimate of drug-likeness (QED) is 0.855. The normalized spacial score (nSPS) is 33.5. The van der Waals surface area contributed by atoms with Crippen LogP contribution in [0.2, 0.25) is 0 Å². The maximum absolute atomic E-state index is 14.2. The van der Waals surface area contributed by atoms with Crippen molar-refractivity contribution in [1.82, 2.24) is 0 Å². The van der Waals surface area contributed by atoms with Crippen molar-refractivity contribution in [2.75, 3.05) is 11.4 Å². The average molecular weight is 275 g/mol. The van der Waals surface area contributed by atoms with Crippen molar-refractivity contribution in [3.8, 4) is 0 Å². The van der Waals surface area contributed by atoms with E-state index in [4.69, 9.17) is 5.73 Å². The maximum atomic E-state index is 14.2. The monoisotopic (exact) mass is 275 g/mol. The van der Waals surface area contributed by atoms with Gasteiger partial charge in [0.1, 0.15) is 5.82 Å². The van der Waals surface area contributed by atoms with E-state index in [1.54, 1.807) is 12.1 Å². The summed E-state index contributed by atoms with van der Waals surface area (Å²) in [5, 5.41) is 0. The molecule has 1 spiro atoms. The Balaban J connectivity index is 1.99. The molecule has 3 nitrogen and oxygen atoms in total. The Morgan fingerprint density at radius 2 is 2.05 bits per heavy atom. The smallest absolute Gasteiger partial charge is 0.196 e. The Morgan fingerprint density at radius 3 is 2.75 bits per heavy atom. The topological polar surface area (TPSA) is 41.6 Å². The van der Waals surface area contributed by atoms with Crippen LogP contribution in [-0.2, 0) is 0 Å². The van der Waals surface area contributed by atoms with Crippen LogP contribution in [0.15, 0.2) is 29.3 Å². The number of benzene rings is 1. The van der Waals surface area contributed by atoms with E-state index in [1.165, 1.54) is 6.07 Å². The van der Waals surface area contributed by atoms with Gasteiger partial charge in [0.05, 0.1) is 17.8 Å². The molecule has 1 saturated carbocycles. The van der Waals surface area contributed by atoms with Gasteiger partial charge >= 0.3 is 0 Å². The first-order chi connectivity index (χ1) is 9.53. The highest BCUT2D eigenvalue weighted by molar-refractivity contribution is 5.98. The number of hydrogen-bond donors (Lipinski definition) is 1. The van der Waals surface area contributed by atoms with E-state index in [2.05, 4.69) is 18.8 Å². The summed E-state index contributed by atoms with van der Waals surface area (Å²) in [6, 6.07) is 6.85. The summed E-state index contributed by atoms with van der Waals surface area (Å²) in [5.74, 6) is 1.55. The summed E-state index contributed by atoms with van der Waals surface area (Å²) in [6.07, 6.45) is 3.19. The SMILES string of the molecule is CC1CCC2(CN=C(N)N2c2ccccc2F)CC1C. The molecule has 3 rings (SSSR count). The summed E-state index contributed by atoms with van der Waals surface area (Å²) < 4.78 is 14.2. The highest BCUT2D eigenvalue weighted by atomic mass is 19.1. The van der Waals surface area contributed by atoms with Gasteiger partial charge in [-0.05, 0) is 43.2 Å². The zero-order chi connectivity index (χ0) is 14.3. The van der Waals surface area contributed by atoms with Crippen molar-refractivity contribution >= 4 is 11.6 Å². The van der Waals surface area contributed by atoms with Gasteiger partial charge in [0.25, 0.3) is 0 Å². The number of nitrogens with zero attached hydrogens (tertiary/aromatic N) is 2. The minimum absolute atomic E-state index is 0.127. The highest BCUT2D eigenvalue weighted by Gasteiger charge is 2.47. The summed E-state index contributed by atoms with van der Waals surface area (Å²) in [7, 11) is 0. The van der Waals surface area contributed by atoms with E-state index in [0.29, 0.717) is 30.0 Å². The van der Waals surface area contributed by atoms with Crippen molar-refractivity contribution in [2.24, 2.45) is 22.6 Å². The van der Waals surface area contributed by atoms with Gasteiger partial charge in [-0.15, -0.1) is 0 Å². The van der Waals surface area contributed by atoms with Gasteiger partial charge in [0.2, 0.25) is 0 Å². The van der Waals surface area contributed by atoms with Crippen molar-refractivity contribution in [2.45, 2.75) is 38.6 Å². The maximum Gasteiger partial charge on any atom is 0.196 e. The van der Waals surface area contributed by atoms with Crippen LogP contribution in [-0.4, -0.2) is 18.0 Å². The molecule has 1 aromatic rings. The van der Waals surface area contributed by atoms with Gasteiger partial charge in [-0.2, -0.15) is 0 Å². The van der Waals surface area contributed by atoms with Gasteiger partial charge in [-0.3, -0.25) is 4.99 Å². The lowest BCUT2D eigenvalue weighted by Gasteiger charge is -2.46. The van der Waals surface area contributed by atoms with E-state index in [0.717, 1.165) is 19.3 Å². The van der Waals surface area contributed by atoms with Crippen molar-refractivity contribution in [3.05, 3.63) is 30.1 Å². The van der Waals surface area contributed by atoms with E-state index in [1.807, 2.05) is 11.0 Å². The molecular weight excluding hydrogens is 253 g/mol. The second kappa shape index (κ2) is 4.76. The minimum Gasteiger partial charge on any atom is -0.369 e. The first-order valence-corrected chi connectivity index (χ1v) is 7.38. The summed E-state index contributed by atoms with van der Waals surface area (Å²) >= 11 is 0. The molecule has 0 amide bonds. The molecule has 3 unspecified atom stereocenters. The van der Waals surface area contributed by atoms with Gasteiger partial charge < -0.3 is 10.6 Å². The van der Waals surface area contributed by atoms with E-state index in [-0.39, 0.29) is 11.4 Å². The Hall–Kier alpha value is -1.58. The first-order valence-electron chi connectivity index (χ1n) is 7.38. The fourth-order valence-corrected chi connectivity index (χ4v) is 3.65. The molecular formula is C16H22FN3. The number of aliphatic imine (C=N–C) groups is 1. The van der Waals surface area contributed by atoms with Crippen LogP contribution < -0.4 is 10.6 Å². The summed E-state index contributed by atoms with van der Waals surface area (Å²) in [5.41, 5.74) is 6.51. The third-order valence-electron chi connectivity index (χ3n) is 5.07. The lowest BCUT2D eigenvalue weighted by Crippen LogP contribution is -2.55. The first kappa shape index (κ1) is 13.4. The molecule has 2 N–H and O–H groups in total. The van der Waals surface area contributed by atoms with E-state index >= 15 is 0 Å². The van der Waals surface area contributed by atoms with Gasteiger partial charge in [0.15, 0.2) is 5.96 Å². The zero-order valence-electron chi connectivity index (χ0n) is 12.1. The van der Waals surface area contributed by atoms with Crippen LogP contribution in [0, 0.1) is 17.7 Å². The molecule has 1 aliphatic carbocycles. The highest BCUT2D eigenvalue weighted by Crippen LogP contribution is 2.44. The summed E-state index contributed by atoms with van der Waals surface area (Å²) in [6.45, 7) is 5.26. The van der Waals surface area contributed by atoms with Crippen molar-refractivity contribution < 1.29 is 4.39 Å². The largest absolute Gasteiger partial charge is 0.369 e. The number of para-hydroxylation sites is 1. The van der Waals surface area contributed by atoms with Gasteiger partial charge in [-0.1, -0.05) is 26.0 Å². The minimum atomic E-state index is -0.224. The number of halogens is 1. The molecule has 1 aromatic carbocycles. The van der Waals surface area contributed by atoms with Crippen LogP contribution in [0.1, 0.15) is 33.1 Å². The van der Waals surface area contributed by atoms with E-state index in [9.17, 15) is 4.39 Å². The third-order valence-corrected chi connectivity index (χ3v) is 5.07. The zero-order valence-corrected chi connectivity index (χ0v) is 12.1. The molecule has 2 aliphatic rings. The molecule has 1 heterocycles. The van der Waals surface area contributed by atoms with Crippen LogP contribution in [0.3, 0.4) is 0 Å². The second-order valence-electron chi connectivity index (χ2n) is 6.38. The Labute approximate surface area is 119 Å². The molecule has 108 valence electrons. The molecule has 0 radical (unpaired) electrons. The molecule has 0 aromatic heterocycles.